The van der Waals surface area contributed by atoms with Crippen molar-refractivity contribution in [3.63, 3.8) is 0 Å². The summed E-state index contributed by atoms with van der Waals surface area (Å²) >= 11 is 0. The molecule has 1 aliphatic rings. The van der Waals surface area contributed by atoms with Gasteiger partial charge in [-0.3, -0.25) is 4.90 Å². The van der Waals surface area contributed by atoms with Crippen molar-refractivity contribution in [1.82, 2.24) is 0 Å². The highest BCUT2D eigenvalue weighted by Gasteiger charge is 2.22. The Hall–Kier alpha value is -1.77. The topological polar surface area (TPSA) is 26.6 Å². The monoisotopic (exact) mass is 243 g/mol. The number of hydrogen-bond acceptors (Lipinski definition) is 2. The molecular formula is C15H19N2O+. The normalized spacial score (nSPS) is 15.3. The first-order chi connectivity index (χ1) is 8.79. The van der Waals surface area contributed by atoms with E-state index in [2.05, 4.69) is 28.9 Å². The summed E-state index contributed by atoms with van der Waals surface area (Å²) < 4.78 is 5.45. The molecule has 0 radical (unpaired) electrons. The van der Waals surface area contributed by atoms with Crippen LogP contribution in [-0.4, -0.2) is 20.2 Å². The molecule has 0 bridgehead atoms. The summed E-state index contributed by atoms with van der Waals surface area (Å²) in [5, 5.41) is 1.23. The number of rotatable bonds is 2. The standard InChI is InChI=1S/C15H18N2O/c1-11-10-14(17-8-3-4-9-17)16-15-12(11)6-5-7-13(15)18-2/h5-7,10H,3-4,8-9H2,1-2H3/p+1. The second kappa shape index (κ2) is 4.48. The minimum atomic E-state index is 0.914. The van der Waals surface area contributed by atoms with Crippen LogP contribution in [0.3, 0.4) is 0 Å². The lowest BCUT2D eigenvalue weighted by Crippen LogP contribution is -2.26. The van der Waals surface area contributed by atoms with Gasteiger partial charge in [0.2, 0.25) is 0 Å². The van der Waals surface area contributed by atoms with Crippen molar-refractivity contribution in [1.29, 1.82) is 0 Å². The molecular weight excluding hydrogens is 224 g/mol. The van der Waals surface area contributed by atoms with Crippen LogP contribution in [0.2, 0.25) is 0 Å². The maximum absolute atomic E-state index is 5.45. The van der Waals surface area contributed by atoms with Crippen molar-refractivity contribution in [3.05, 3.63) is 29.8 Å². The first kappa shape index (κ1) is 11.3. The number of aromatic nitrogens is 1. The number of fused-ring (bicyclic) bond motifs is 1. The van der Waals surface area contributed by atoms with Crippen molar-refractivity contribution in [2.45, 2.75) is 19.8 Å². The van der Waals surface area contributed by atoms with Crippen LogP contribution in [0.1, 0.15) is 18.4 Å². The third-order valence-electron chi connectivity index (χ3n) is 3.72. The predicted molar refractivity (Wildman–Crippen MR) is 73.2 cm³/mol. The number of nitrogens with zero attached hydrogens (tertiary/aromatic N) is 1. The van der Waals surface area contributed by atoms with Gasteiger partial charge < -0.3 is 4.74 Å². The second-order valence-electron chi connectivity index (χ2n) is 4.91. The number of para-hydroxylation sites is 1. The molecule has 18 heavy (non-hydrogen) atoms. The SMILES string of the molecule is COc1cccc2c(C)cc(N3CCCC3)[nH+]c12. The molecule has 0 unspecified atom stereocenters. The molecule has 1 aliphatic heterocycles. The van der Waals surface area contributed by atoms with Gasteiger partial charge in [0.05, 0.1) is 20.2 Å². The number of ether oxygens (including phenoxy) is 1. The molecule has 0 spiro atoms. The summed E-state index contributed by atoms with van der Waals surface area (Å²) in [4.78, 5) is 5.95. The molecule has 1 aromatic carbocycles. The molecule has 1 saturated heterocycles. The van der Waals surface area contributed by atoms with Gasteiger partial charge in [0.1, 0.15) is 0 Å². The van der Waals surface area contributed by atoms with Crippen LogP contribution >= 0.6 is 0 Å². The number of anilines is 1. The van der Waals surface area contributed by atoms with E-state index >= 15 is 0 Å². The fourth-order valence-electron chi connectivity index (χ4n) is 2.73. The highest BCUT2D eigenvalue weighted by Crippen LogP contribution is 2.27. The Kier molecular flexibility index (Phi) is 2.82. The maximum atomic E-state index is 5.45. The van der Waals surface area contributed by atoms with Crippen LogP contribution < -0.4 is 14.6 Å². The zero-order chi connectivity index (χ0) is 12.5. The largest absolute Gasteiger partial charge is 0.492 e. The smallest absolute Gasteiger partial charge is 0.275 e. The summed E-state index contributed by atoms with van der Waals surface area (Å²) in [5.74, 6) is 2.12. The van der Waals surface area contributed by atoms with Gasteiger partial charge in [-0.05, 0) is 31.4 Å². The summed E-state index contributed by atoms with van der Waals surface area (Å²) in [5.41, 5.74) is 2.39. The fourth-order valence-corrected chi connectivity index (χ4v) is 2.73. The minimum Gasteiger partial charge on any atom is -0.492 e. The summed E-state index contributed by atoms with van der Waals surface area (Å²) in [6, 6.07) is 8.42. The van der Waals surface area contributed by atoms with E-state index < -0.39 is 0 Å². The van der Waals surface area contributed by atoms with Gasteiger partial charge in [-0.15, -0.1) is 0 Å². The zero-order valence-corrected chi connectivity index (χ0v) is 11.0. The van der Waals surface area contributed by atoms with Crippen molar-refractivity contribution < 1.29 is 9.72 Å². The first-order valence-corrected chi connectivity index (χ1v) is 6.54. The average Bonchev–Trinajstić information content (AvgIpc) is 2.92. The van der Waals surface area contributed by atoms with Crippen LogP contribution in [-0.2, 0) is 0 Å². The van der Waals surface area contributed by atoms with E-state index in [1.54, 1.807) is 7.11 Å². The quantitative estimate of drug-likeness (QED) is 0.810. The molecule has 2 heterocycles. The number of aromatic amines is 1. The highest BCUT2D eigenvalue weighted by molar-refractivity contribution is 5.85. The van der Waals surface area contributed by atoms with Crippen molar-refractivity contribution >= 4 is 16.7 Å². The molecule has 1 fully saturated rings. The van der Waals surface area contributed by atoms with Gasteiger partial charge in [-0.2, -0.15) is 0 Å². The van der Waals surface area contributed by atoms with Crippen LogP contribution in [0.5, 0.6) is 5.75 Å². The number of methoxy groups -OCH3 is 1. The lowest BCUT2D eigenvalue weighted by atomic mass is 10.1. The van der Waals surface area contributed by atoms with Crippen LogP contribution in [0.4, 0.5) is 5.82 Å². The Balaban J connectivity index is 2.18. The van der Waals surface area contributed by atoms with Crippen LogP contribution in [0.25, 0.3) is 10.9 Å². The van der Waals surface area contributed by atoms with E-state index in [-0.39, 0.29) is 0 Å². The van der Waals surface area contributed by atoms with Crippen molar-refractivity contribution in [2.24, 2.45) is 0 Å². The molecule has 0 amide bonds. The molecule has 1 aromatic heterocycles. The molecule has 1 N–H and O–H groups in total. The van der Waals surface area contributed by atoms with Gasteiger partial charge in [-0.25, -0.2) is 4.98 Å². The van der Waals surface area contributed by atoms with Gasteiger partial charge in [0.15, 0.2) is 11.3 Å². The van der Waals surface area contributed by atoms with Crippen molar-refractivity contribution in [3.8, 4) is 5.75 Å². The third kappa shape index (κ3) is 1.80. The number of pyridine rings is 1. The summed E-state index contributed by atoms with van der Waals surface area (Å²) in [6.07, 6.45) is 2.58. The van der Waals surface area contributed by atoms with E-state index in [1.165, 1.54) is 29.6 Å². The Morgan fingerprint density at radius 2 is 2.00 bits per heavy atom. The molecule has 3 heteroatoms. The molecule has 94 valence electrons. The van der Waals surface area contributed by atoms with E-state index in [9.17, 15) is 0 Å². The number of hydrogen-bond donors (Lipinski definition) is 0. The van der Waals surface area contributed by atoms with E-state index in [0.717, 1.165) is 24.4 Å². The van der Waals surface area contributed by atoms with E-state index in [0.29, 0.717) is 0 Å². The van der Waals surface area contributed by atoms with E-state index in [1.807, 2.05) is 12.1 Å². The second-order valence-corrected chi connectivity index (χ2v) is 4.91. The lowest BCUT2D eigenvalue weighted by Gasteiger charge is -2.12. The molecule has 3 rings (SSSR count). The molecule has 0 atom stereocenters. The molecule has 0 saturated carbocycles. The van der Waals surface area contributed by atoms with Gasteiger partial charge >= 0.3 is 0 Å². The van der Waals surface area contributed by atoms with Gasteiger partial charge in [0, 0.05) is 11.5 Å². The zero-order valence-electron chi connectivity index (χ0n) is 11.0. The Bertz CT molecular complexity index is 574. The Morgan fingerprint density at radius 3 is 2.72 bits per heavy atom. The summed E-state index contributed by atoms with van der Waals surface area (Å²) in [7, 11) is 1.72. The maximum Gasteiger partial charge on any atom is 0.275 e. The number of nitrogens with one attached hydrogen (secondary N) is 1. The molecule has 2 aromatic rings. The van der Waals surface area contributed by atoms with Gasteiger partial charge in [-0.1, -0.05) is 12.1 Å². The molecule has 0 aliphatic carbocycles. The Labute approximate surface area is 107 Å². The van der Waals surface area contributed by atoms with E-state index in [4.69, 9.17) is 4.74 Å². The highest BCUT2D eigenvalue weighted by atomic mass is 16.5. The fraction of sp³-hybridized carbons (Fsp3) is 0.400. The Morgan fingerprint density at radius 1 is 1.22 bits per heavy atom. The number of H-pyrrole nitrogens is 1. The lowest BCUT2D eigenvalue weighted by molar-refractivity contribution is -0.331. The van der Waals surface area contributed by atoms with Crippen LogP contribution in [0, 0.1) is 6.92 Å². The summed E-state index contributed by atoms with van der Waals surface area (Å²) in [6.45, 7) is 4.46. The average molecular weight is 243 g/mol. The van der Waals surface area contributed by atoms with Crippen LogP contribution in [0.15, 0.2) is 24.3 Å². The number of aryl methyl sites for hydroxylation is 1. The minimum absolute atomic E-state index is 0.914. The third-order valence-corrected chi connectivity index (χ3v) is 3.72. The molecule has 3 nitrogen and oxygen atoms in total. The van der Waals surface area contributed by atoms with Crippen molar-refractivity contribution in [2.75, 3.05) is 25.1 Å². The van der Waals surface area contributed by atoms with Gasteiger partial charge in [0.25, 0.3) is 5.82 Å². The number of benzene rings is 1. The first-order valence-electron chi connectivity index (χ1n) is 6.54. The predicted octanol–water partition coefficient (Wildman–Crippen LogP) is 2.57.